The third kappa shape index (κ3) is 5.92. The van der Waals surface area contributed by atoms with Crippen molar-refractivity contribution in [3.05, 3.63) is 7.05 Å². The number of hydrogen-bond donors (Lipinski definition) is 0. The summed E-state index contributed by atoms with van der Waals surface area (Å²) >= 11 is 0. The van der Waals surface area contributed by atoms with Gasteiger partial charge in [0.05, 0.1) is 6.61 Å². The second-order valence-electron chi connectivity index (χ2n) is 1.47. The summed E-state index contributed by atoms with van der Waals surface area (Å²) < 4.78 is 4.73. The van der Waals surface area contributed by atoms with E-state index in [1.165, 1.54) is 0 Å². The first-order valence-corrected chi connectivity index (χ1v) is 2.22. The largest absolute Gasteiger partial charge is 0.383 e. The lowest BCUT2D eigenvalue weighted by atomic mass is 10.6. The summed E-state index contributed by atoms with van der Waals surface area (Å²) in [6.45, 7) is 1.49. The molecule has 2 heteroatoms. The van der Waals surface area contributed by atoms with Crippen LogP contribution in [0.3, 0.4) is 0 Å². The number of ether oxygens (including phenoxy) is 1. The molecule has 0 aromatic rings. The van der Waals surface area contributed by atoms with Crippen molar-refractivity contribution in [2.24, 2.45) is 0 Å². The van der Waals surface area contributed by atoms with E-state index in [1.54, 1.807) is 19.1 Å². The molecule has 42 valence electrons. The SMILES string of the molecule is [CH]N(C)CCOC. The Balaban J connectivity index is 2.68. The van der Waals surface area contributed by atoms with Crippen LogP contribution in [-0.4, -0.2) is 32.2 Å². The minimum atomic E-state index is 0.701. The van der Waals surface area contributed by atoms with Crippen molar-refractivity contribution in [1.29, 1.82) is 0 Å². The first kappa shape index (κ1) is 6.92. The summed E-state index contributed by atoms with van der Waals surface area (Å²) in [6, 6.07) is 0. The number of hydrogen-bond acceptors (Lipinski definition) is 2. The van der Waals surface area contributed by atoms with E-state index in [-0.39, 0.29) is 0 Å². The second kappa shape index (κ2) is 4.09. The van der Waals surface area contributed by atoms with Crippen molar-refractivity contribution in [2.45, 2.75) is 0 Å². The molecule has 0 N–H and O–H groups in total. The van der Waals surface area contributed by atoms with Crippen LogP contribution in [0.4, 0.5) is 0 Å². The predicted molar refractivity (Wildman–Crippen MR) is 28.8 cm³/mol. The molecule has 0 saturated carbocycles. The number of methoxy groups -OCH3 is 1. The van der Waals surface area contributed by atoms with E-state index >= 15 is 0 Å². The molecule has 0 aliphatic rings. The standard InChI is InChI=1S/C5H11NO/c1-6(2)4-5-7-3/h1H,4-5H2,2-3H3. The Morgan fingerprint density at radius 2 is 2.29 bits per heavy atom. The smallest absolute Gasteiger partial charge is 0.0589 e. The number of likely N-dealkylation sites (N-methyl/N-ethyl adjacent to an activating group) is 1. The first-order valence-electron chi connectivity index (χ1n) is 2.22. The molecule has 0 rings (SSSR count). The molecule has 0 aromatic heterocycles. The Morgan fingerprint density at radius 1 is 1.71 bits per heavy atom. The topological polar surface area (TPSA) is 12.5 Å². The lowest BCUT2D eigenvalue weighted by Crippen LogP contribution is -2.14. The molecule has 7 heavy (non-hydrogen) atoms. The third-order valence-corrected chi connectivity index (χ3v) is 0.648. The highest BCUT2D eigenvalue weighted by Crippen LogP contribution is 1.74. The first-order chi connectivity index (χ1) is 3.27. The molecule has 0 bridgehead atoms. The minimum Gasteiger partial charge on any atom is -0.383 e. The Hall–Kier alpha value is -0.0800. The molecule has 0 atom stereocenters. The molecule has 0 aliphatic heterocycles. The monoisotopic (exact) mass is 101 g/mol. The molecular weight excluding hydrogens is 90.1 g/mol. The summed E-state index contributed by atoms with van der Waals surface area (Å²) in [5.41, 5.74) is 0. The molecule has 0 fully saturated rings. The zero-order valence-corrected chi connectivity index (χ0v) is 4.85. The van der Waals surface area contributed by atoms with Crippen molar-refractivity contribution in [2.75, 3.05) is 27.3 Å². The second-order valence-corrected chi connectivity index (χ2v) is 1.47. The van der Waals surface area contributed by atoms with Gasteiger partial charge in [-0.15, -0.1) is 0 Å². The van der Waals surface area contributed by atoms with E-state index in [1.807, 2.05) is 0 Å². The highest BCUT2D eigenvalue weighted by molar-refractivity contribution is 4.42. The lowest BCUT2D eigenvalue weighted by Gasteiger charge is -2.05. The van der Waals surface area contributed by atoms with E-state index in [9.17, 15) is 0 Å². The molecule has 2 radical (unpaired) electrons. The van der Waals surface area contributed by atoms with Crippen LogP contribution in [0.25, 0.3) is 0 Å². The Bertz CT molecular complexity index is 37.1. The molecule has 0 unspecified atom stereocenters. The quantitative estimate of drug-likeness (QED) is 0.472. The van der Waals surface area contributed by atoms with Crippen LogP contribution in [0.5, 0.6) is 0 Å². The summed E-state index contributed by atoms with van der Waals surface area (Å²) in [4.78, 5) is 1.59. The fourth-order valence-corrected chi connectivity index (χ4v) is 0.235. The average molecular weight is 101 g/mol. The van der Waals surface area contributed by atoms with Crippen LogP contribution in [0.15, 0.2) is 0 Å². The van der Waals surface area contributed by atoms with Crippen LogP contribution in [0, 0.1) is 7.05 Å². The molecular formula is C5H11NO. The van der Waals surface area contributed by atoms with Crippen molar-refractivity contribution in [3.8, 4) is 0 Å². The molecule has 0 heterocycles. The zero-order chi connectivity index (χ0) is 5.70. The van der Waals surface area contributed by atoms with Gasteiger partial charge in [0, 0.05) is 20.7 Å². The van der Waals surface area contributed by atoms with Crippen LogP contribution >= 0.6 is 0 Å². The van der Waals surface area contributed by atoms with E-state index in [0.717, 1.165) is 6.54 Å². The predicted octanol–water partition coefficient (Wildman–Crippen LogP) is 0.233. The van der Waals surface area contributed by atoms with Gasteiger partial charge in [0.2, 0.25) is 0 Å². The minimum absolute atomic E-state index is 0.701. The van der Waals surface area contributed by atoms with Crippen LogP contribution in [0.1, 0.15) is 0 Å². The fraction of sp³-hybridized carbons (Fsp3) is 0.800. The summed E-state index contributed by atoms with van der Waals surface area (Å²) in [5.74, 6) is 0. The summed E-state index contributed by atoms with van der Waals surface area (Å²) in [6.07, 6.45) is 0. The van der Waals surface area contributed by atoms with E-state index < -0.39 is 0 Å². The maximum atomic E-state index is 5.23. The molecule has 0 saturated heterocycles. The highest BCUT2D eigenvalue weighted by atomic mass is 16.5. The lowest BCUT2D eigenvalue weighted by molar-refractivity contribution is 0.177. The van der Waals surface area contributed by atoms with E-state index in [0.29, 0.717) is 6.61 Å². The Labute approximate surface area is 45.1 Å². The Morgan fingerprint density at radius 3 is 2.43 bits per heavy atom. The van der Waals surface area contributed by atoms with Gasteiger partial charge < -0.3 is 4.74 Å². The van der Waals surface area contributed by atoms with Crippen molar-refractivity contribution < 1.29 is 4.74 Å². The highest BCUT2D eigenvalue weighted by Gasteiger charge is 1.84. The average Bonchev–Trinajstić information content (AvgIpc) is 1.61. The molecule has 0 aromatic carbocycles. The van der Waals surface area contributed by atoms with Gasteiger partial charge in [-0.25, -0.2) is 0 Å². The van der Waals surface area contributed by atoms with Crippen LogP contribution in [0.2, 0.25) is 0 Å². The van der Waals surface area contributed by atoms with Gasteiger partial charge in [-0.05, 0) is 7.05 Å². The summed E-state index contributed by atoms with van der Waals surface area (Å²) in [5, 5.41) is 0. The van der Waals surface area contributed by atoms with E-state index in [4.69, 9.17) is 11.8 Å². The van der Waals surface area contributed by atoms with E-state index in [2.05, 4.69) is 0 Å². The van der Waals surface area contributed by atoms with Gasteiger partial charge >= 0.3 is 0 Å². The molecule has 0 aliphatic carbocycles. The van der Waals surface area contributed by atoms with Gasteiger partial charge in [0.15, 0.2) is 0 Å². The number of nitrogens with zero attached hydrogens (tertiary/aromatic N) is 1. The third-order valence-electron chi connectivity index (χ3n) is 0.648. The van der Waals surface area contributed by atoms with Gasteiger partial charge in [-0.3, -0.25) is 4.90 Å². The maximum Gasteiger partial charge on any atom is 0.0589 e. The Kier molecular flexibility index (Phi) is 4.04. The van der Waals surface area contributed by atoms with Crippen molar-refractivity contribution in [3.63, 3.8) is 0 Å². The van der Waals surface area contributed by atoms with Gasteiger partial charge in [-0.2, -0.15) is 0 Å². The summed E-state index contributed by atoms with van der Waals surface area (Å²) in [7, 11) is 8.69. The van der Waals surface area contributed by atoms with Gasteiger partial charge in [0.1, 0.15) is 0 Å². The fourth-order valence-electron chi connectivity index (χ4n) is 0.235. The molecule has 0 spiro atoms. The maximum absolute atomic E-state index is 5.23. The van der Waals surface area contributed by atoms with Gasteiger partial charge in [0.25, 0.3) is 0 Å². The van der Waals surface area contributed by atoms with Gasteiger partial charge in [-0.1, -0.05) is 0 Å². The molecule has 2 nitrogen and oxygen atoms in total. The van der Waals surface area contributed by atoms with Crippen molar-refractivity contribution in [1.82, 2.24) is 4.90 Å². The van der Waals surface area contributed by atoms with Crippen LogP contribution < -0.4 is 0 Å². The molecule has 0 amide bonds. The van der Waals surface area contributed by atoms with Crippen molar-refractivity contribution >= 4 is 0 Å². The van der Waals surface area contributed by atoms with Crippen LogP contribution in [-0.2, 0) is 4.74 Å². The normalized spacial score (nSPS) is 10.3. The zero-order valence-electron chi connectivity index (χ0n) is 4.85. The number of rotatable bonds is 3.